The summed E-state index contributed by atoms with van der Waals surface area (Å²) in [4.78, 5) is 14.4. The van der Waals surface area contributed by atoms with Crippen LogP contribution in [0.25, 0.3) is 0 Å². The number of rotatable bonds is 5. The van der Waals surface area contributed by atoms with Crippen molar-refractivity contribution >= 4 is 40.6 Å². The first-order valence-electron chi connectivity index (χ1n) is 6.18. The van der Waals surface area contributed by atoms with E-state index in [0.717, 1.165) is 27.9 Å². The Labute approximate surface area is 129 Å². The van der Waals surface area contributed by atoms with Gasteiger partial charge in [-0.1, -0.05) is 23.4 Å². The summed E-state index contributed by atoms with van der Waals surface area (Å²) in [5.74, 6) is 1.40. The van der Waals surface area contributed by atoms with Gasteiger partial charge in [-0.3, -0.25) is 4.79 Å². The minimum atomic E-state index is 0.158. The molecule has 20 heavy (non-hydrogen) atoms. The quantitative estimate of drug-likeness (QED) is 0.788. The minimum absolute atomic E-state index is 0.158. The molecule has 0 radical (unpaired) electrons. The normalized spacial score (nSPS) is 15.2. The topological polar surface area (TPSA) is 59.2 Å². The van der Waals surface area contributed by atoms with Crippen molar-refractivity contribution in [3.8, 4) is 0 Å². The number of thioether (sulfide) groups is 1. The molecule has 3 rings (SSSR count). The van der Waals surface area contributed by atoms with Crippen LogP contribution < -0.4 is 0 Å². The van der Waals surface area contributed by atoms with Gasteiger partial charge in [-0.05, 0) is 18.6 Å². The van der Waals surface area contributed by atoms with E-state index < -0.39 is 0 Å². The Balaban J connectivity index is 1.55. The van der Waals surface area contributed by atoms with E-state index in [4.69, 9.17) is 16.0 Å². The largest absolute Gasteiger partial charge is 0.414 e. The maximum atomic E-state index is 11.5. The summed E-state index contributed by atoms with van der Waals surface area (Å²) in [7, 11) is 0. The zero-order valence-electron chi connectivity index (χ0n) is 10.5. The molecular weight excluding hydrogens is 318 g/mol. The summed E-state index contributed by atoms with van der Waals surface area (Å²) in [5, 5.41) is 8.49. The average Bonchev–Trinajstić information content (AvgIpc) is 3.12. The number of likely N-dealkylation sites (tertiary alicyclic amines) is 1. The Morgan fingerprint density at radius 3 is 3.05 bits per heavy atom. The summed E-state index contributed by atoms with van der Waals surface area (Å²) in [6, 6.07) is 3.86. The van der Waals surface area contributed by atoms with Gasteiger partial charge in [-0.2, -0.15) is 0 Å². The molecule has 106 valence electrons. The van der Waals surface area contributed by atoms with Crippen LogP contribution in [0.15, 0.2) is 21.8 Å². The minimum Gasteiger partial charge on any atom is -0.414 e. The van der Waals surface area contributed by atoms with Crippen molar-refractivity contribution in [2.45, 2.75) is 30.4 Å². The first-order valence-corrected chi connectivity index (χ1v) is 8.36. The number of amides is 1. The Morgan fingerprint density at radius 1 is 1.45 bits per heavy atom. The van der Waals surface area contributed by atoms with E-state index in [2.05, 4.69) is 10.2 Å². The third-order valence-corrected chi connectivity index (χ3v) is 5.19. The SMILES string of the molecule is O=C1CCCN1Cc1nnc(SCc2ccc(Cl)s2)o1. The molecule has 2 aromatic rings. The molecule has 1 amide bonds. The molecule has 1 fully saturated rings. The molecule has 0 bridgehead atoms. The van der Waals surface area contributed by atoms with Crippen molar-refractivity contribution in [3.63, 3.8) is 0 Å². The Hall–Kier alpha value is -1.05. The molecule has 1 aliphatic rings. The van der Waals surface area contributed by atoms with E-state index in [1.807, 2.05) is 12.1 Å². The van der Waals surface area contributed by atoms with Crippen LogP contribution in [0, 0.1) is 0 Å². The van der Waals surface area contributed by atoms with Gasteiger partial charge in [0.15, 0.2) is 0 Å². The molecule has 1 saturated heterocycles. The van der Waals surface area contributed by atoms with Gasteiger partial charge >= 0.3 is 0 Å². The fourth-order valence-electron chi connectivity index (χ4n) is 1.96. The summed E-state index contributed by atoms with van der Waals surface area (Å²) in [5.41, 5.74) is 0. The van der Waals surface area contributed by atoms with Crippen LogP contribution in [0.5, 0.6) is 0 Å². The van der Waals surface area contributed by atoms with E-state index in [-0.39, 0.29) is 5.91 Å². The van der Waals surface area contributed by atoms with Gasteiger partial charge in [-0.15, -0.1) is 21.5 Å². The predicted molar refractivity (Wildman–Crippen MR) is 77.8 cm³/mol. The van der Waals surface area contributed by atoms with Crippen molar-refractivity contribution in [1.82, 2.24) is 15.1 Å². The molecule has 0 saturated carbocycles. The fourth-order valence-corrected chi connectivity index (χ4v) is 3.87. The number of aromatic nitrogens is 2. The third kappa shape index (κ3) is 3.34. The van der Waals surface area contributed by atoms with Crippen LogP contribution in [0.4, 0.5) is 0 Å². The van der Waals surface area contributed by atoms with Gasteiger partial charge < -0.3 is 9.32 Å². The van der Waals surface area contributed by atoms with Crippen molar-refractivity contribution in [3.05, 3.63) is 27.2 Å². The molecule has 0 unspecified atom stereocenters. The standard InChI is InChI=1S/C12H12ClN3O2S2/c13-9-4-3-8(20-9)7-19-12-15-14-10(18-12)6-16-5-1-2-11(16)17/h3-4H,1-2,5-7H2. The van der Waals surface area contributed by atoms with E-state index in [1.54, 1.807) is 16.2 Å². The van der Waals surface area contributed by atoms with E-state index in [9.17, 15) is 4.79 Å². The number of carbonyl (C=O) groups is 1. The van der Waals surface area contributed by atoms with Gasteiger partial charge in [0, 0.05) is 23.6 Å². The Bertz CT molecular complexity index is 613. The molecule has 5 nitrogen and oxygen atoms in total. The lowest BCUT2D eigenvalue weighted by Gasteiger charge is -2.11. The lowest BCUT2D eigenvalue weighted by atomic mass is 10.4. The number of hydrogen-bond donors (Lipinski definition) is 0. The number of carbonyl (C=O) groups excluding carboxylic acids is 1. The highest BCUT2D eigenvalue weighted by Crippen LogP contribution is 2.28. The van der Waals surface area contributed by atoms with E-state index >= 15 is 0 Å². The van der Waals surface area contributed by atoms with Crippen LogP contribution in [0.2, 0.25) is 4.34 Å². The maximum Gasteiger partial charge on any atom is 0.277 e. The molecule has 1 aliphatic heterocycles. The molecule has 2 aromatic heterocycles. The number of thiophene rings is 1. The number of hydrogen-bond acceptors (Lipinski definition) is 6. The van der Waals surface area contributed by atoms with Gasteiger partial charge in [-0.25, -0.2) is 0 Å². The highest BCUT2D eigenvalue weighted by atomic mass is 35.5. The van der Waals surface area contributed by atoms with Crippen molar-refractivity contribution in [2.75, 3.05) is 6.54 Å². The van der Waals surface area contributed by atoms with Crippen LogP contribution in [0.3, 0.4) is 0 Å². The molecule has 0 atom stereocenters. The molecule has 0 aliphatic carbocycles. The van der Waals surface area contributed by atoms with E-state index in [0.29, 0.717) is 24.1 Å². The predicted octanol–water partition coefficient (Wildman–Crippen LogP) is 3.20. The van der Waals surface area contributed by atoms with Crippen LogP contribution in [0.1, 0.15) is 23.6 Å². The molecule has 0 N–H and O–H groups in total. The smallest absolute Gasteiger partial charge is 0.277 e. The van der Waals surface area contributed by atoms with Gasteiger partial charge in [0.25, 0.3) is 5.22 Å². The maximum absolute atomic E-state index is 11.5. The zero-order chi connectivity index (χ0) is 13.9. The third-order valence-electron chi connectivity index (χ3n) is 2.91. The Morgan fingerprint density at radius 2 is 2.35 bits per heavy atom. The van der Waals surface area contributed by atoms with Crippen LogP contribution >= 0.6 is 34.7 Å². The van der Waals surface area contributed by atoms with Gasteiger partial charge in [0.1, 0.15) is 0 Å². The first kappa shape index (κ1) is 13.9. The molecule has 3 heterocycles. The first-order chi connectivity index (χ1) is 9.70. The lowest BCUT2D eigenvalue weighted by molar-refractivity contribution is -0.128. The zero-order valence-corrected chi connectivity index (χ0v) is 12.9. The van der Waals surface area contributed by atoms with E-state index in [1.165, 1.54) is 11.8 Å². The summed E-state index contributed by atoms with van der Waals surface area (Å²) < 4.78 is 6.32. The average molecular weight is 330 g/mol. The molecular formula is C12H12ClN3O2S2. The highest BCUT2D eigenvalue weighted by molar-refractivity contribution is 7.98. The monoisotopic (exact) mass is 329 g/mol. The fraction of sp³-hybridized carbons (Fsp3) is 0.417. The van der Waals surface area contributed by atoms with Crippen LogP contribution in [-0.4, -0.2) is 27.5 Å². The van der Waals surface area contributed by atoms with Gasteiger partial charge in [0.05, 0.1) is 10.9 Å². The second kappa shape index (κ2) is 6.15. The molecule has 0 aromatic carbocycles. The summed E-state index contributed by atoms with van der Waals surface area (Å²) in [6.45, 7) is 1.19. The molecule has 8 heteroatoms. The van der Waals surface area contributed by atoms with Crippen molar-refractivity contribution in [1.29, 1.82) is 0 Å². The van der Waals surface area contributed by atoms with Crippen LogP contribution in [-0.2, 0) is 17.1 Å². The summed E-state index contributed by atoms with van der Waals surface area (Å²) >= 11 is 8.89. The number of halogens is 1. The van der Waals surface area contributed by atoms with Gasteiger partial charge in [0.2, 0.25) is 11.8 Å². The molecule has 0 spiro atoms. The lowest BCUT2D eigenvalue weighted by Crippen LogP contribution is -2.23. The summed E-state index contributed by atoms with van der Waals surface area (Å²) in [6.07, 6.45) is 1.53. The second-order valence-corrected chi connectivity index (χ2v) is 7.10. The Kier molecular flexibility index (Phi) is 4.28. The highest BCUT2D eigenvalue weighted by Gasteiger charge is 2.22. The van der Waals surface area contributed by atoms with Crippen molar-refractivity contribution < 1.29 is 9.21 Å². The number of nitrogens with zero attached hydrogens (tertiary/aromatic N) is 3. The van der Waals surface area contributed by atoms with Crippen molar-refractivity contribution in [2.24, 2.45) is 0 Å². The second-order valence-electron chi connectivity index (χ2n) is 4.38.